The van der Waals surface area contributed by atoms with Crippen molar-refractivity contribution in [1.82, 2.24) is 15.2 Å². The van der Waals surface area contributed by atoms with Gasteiger partial charge in [0.15, 0.2) is 5.82 Å². The number of benzene rings is 1. The molecule has 0 bridgehead atoms. The summed E-state index contributed by atoms with van der Waals surface area (Å²) in [7, 11) is 0. The molecular weight excluding hydrogens is 245 g/mol. The van der Waals surface area contributed by atoms with E-state index in [-0.39, 0.29) is 5.82 Å². The van der Waals surface area contributed by atoms with E-state index in [2.05, 4.69) is 32.7 Å². The third-order valence-corrected chi connectivity index (χ3v) is 2.51. The minimum Gasteiger partial charge on any atom is -0.353 e. The molecule has 0 spiro atoms. The number of unbranched alkanes of at least 4 members (excludes halogenated alkanes) is 1. The Morgan fingerprint density at radius 1 is 1.26 bits per heavy atom. The van der Waals surface area contributed by atoms with Crippen LogP contribution in [-0.4, -0.2) is 21.7 Å². The Labute approximate surface area is 111 Å². The van der Waals surface area contributed by atoms with E-state index in [0.29, 0.717) is 17.5 Å². The summed E-state index contributed by atoms with van der Waals surface area (Å²) in [6, 6.07) is 6.41. The maximum atomic E-state index is 13.5. The lowest BCUT2D eigenvalue weighted by Crippen LogP contribution is -2.07. The topological polar surface area (TPSA) is 62.7 Å². The monoisotopic (exact) mass is 261 g/mol. The minimum atomic E-state index is -0.332. The SMILES string of the molecule is CCCCNc1nncc(Nc2ccccc2F)n1. The van der Waals surface area contributed by atoms with Crippen LogP contribution in [0.3, 0.4) is 0 Å². The van der Waals surface area contributed by atoms with E-state index < -0.39 is 0 Å². The molecule has 1 aromatic heterocycles. The van der Waals surface area contributed by atoms with Crippen molar-refractivity contribution >= 4 is 17.5 Å². The lowest BCUT2D eigenvalue weighted by Gasteiger charge is -2.07. The van der Waals surface area contributed by atoms with Gasteiger partial charge in [-0.3, -0.25) is 0 Å². The molecule has 0 atom stereocenters. The van der Waals surface area contributed by atoms with Gasteiger partial charge in [-0.05, 0) is 18.6 Å². The summed E-state index contributed by atoms with van der Waals surface area (Å²) in [5.41, 5.74) is 0.363. The first-order valence-electron chi connectivity index (χ1n) is 6.24. The Morgan fingerprint density at radius 3 is 2.89 bits per heavy atom. The van der Waals surface area contributed by atoms with Gasteiger partial charge in [-0.15, -0.1) is 5.10 Å². The standard InChI is InChI=1S/C13H16FN5/c1-2-3-8-15-13-18-12(9-16-19-13)17-11-7-5-4-6-10(11)14/h4-7,9H,2-3,8H2,1H3,(H2,15,17,18,19). The first kappa shape index (κ1) is 13.2. The first-order chi connectivity index (χ1) is 9.29. The van der Waals surface area contributed by atoms with Crippen LogP contribution in [0, 0.1) is 5.82 Å². The molecule has 0 fully saturated rings. The number of aromatic nitrogens is 3. The third-order valence-electron chi connectivity index (χ3n) is 2.51. The van der Waals surface area contributed by atoms with Gasteiger partial charge in [0.1, 0.15) is 5.82 Å². The van der Waals surface area contributed by atoms with Gasteiger partial charge in [-0.2, -0.15) is 10.1 Å². The van der Waals surface area contributed by atoms with Crippen LogP contribution in [0.4, 0.5) is 21.8 Å². The van der Waals surface area contributed by atoms with Crippen molar-refractivity contribution in [2.24, 2.45) is 0 Å². The van der Waals surface area contributed by atoms with Gasteiger partial charge in [0.05, 0.1) is 11.9 Å². The highest BCUT2D eigenvalue weighted by Crippen LogP contribution is 2.17. The number of anilines is 3. The summed E-state index contributed by atoms with van der Waals surface area (Å²) in [5.74, 6) is 0.565. The Bertz CT molecular complexity index is 532. The van der Waals surface area contributed by atoms with Gasteiger partial charge in [-0.1, -0.05) is 25.5 Å². The van der Waals surface area contributed by atoms with Crippen molar-refractivity contribution in [2.75, 3.05) is 17.2 Å². The normalized spacial score (nSPS) is 10.2. The van der Waals surface area contributed by atoms with Crippen LogP contribution in [-0.2, 0) is 0 Å². The molecule has 100 valence electrons. The van der Waals surface area contributed by atoms with E-state index >= 15 is 0 Å². The second-order valence-electron chi connectivity index (χ2n) is 4.05. The largest absolute Gasteiger partial charge is 0.353 e. The molecule has 2 aromatic rings. The van der Waals surface area contributed by atoms with Crippen molar-refractivity contribution in [3.8, 4) is 0 Å². The van der Waals surface area contributed by atoms with E-state index in [1.165, 1.54) is 12.3 Å². The average Bonchev–Trinajstić information content (AvgIpc) is 2.42. The zero-order chi connectivity index (χ0) is 13.5. The maximum Gasteiger partial charge on any atom is 0.244 e. The predicted octanol–water partition coefficient (Wildman–Crippen LogP) is 2.97. The fourth-order valence-electron chi connectivity index (χ4n) is 1.52. The number of nitrogens with zero attached hydrogens (tertiary/aromatic N) is 3. The summed E-state index contributed by atoms with van der Waals surface area (Å²) >= 11 is 0. The fraction of sp³-hybridized carbons (Fsp3) is 0.308. The summed E-state index contributed by atoms with van der Waals surface area (Å²) in [6.45, 7) is 2.90. The molecule has 0 unspecified atom stereocenters. The van der Waals surface area contributed by atoms with Crippen LogP contribution in [0.1, 0.15) is 19.8 Å². The molecule has 0 aliphatic heterocycles. The summed E-state index contributed by atoms with van der Waals surface area (Å²) in [6.07, 6.45) is 3.58. The van der Waals surface area contributed by atoms with Crippen molar-refractivity contribution in [2.45, 2.75) is 19.8 Å². The Kier molecular flexibility index (Phi) is 4.60. The van der Waals surface area contributed by atoms with Gasteiger partial charge >= 0.3 is 0 Å². The summed E-state index contributed by atoms with van der Waals surface area (Å²) in [4.78, 5) is 4.22. The van der Waals surface area contributed by atoms with Crippen LogP contribution < -0.4 is 10.6 Å². The quantitative estimate of drug-likeness (QED) is 0.783. The lowest BCUT2D eigenvalue weighted by molar-refractivity contribution is 0.631. The van der Waals surface area contributed by atoms with Crippen LogP contribution in [0.15, 0.2) is 30.5 Å². The molecule has 1 heterocycles. The lowest BCUT2D eigenvalue weighted by atomic mass is 10.3. The molecule has 1 aromatic carbocycles. The fourth-order valence-corrected chi connectivity index (χ4v) is 1.52. The van der Waals surface area contributed by atoms with E-state index in [4.69, 9.17) is 0 Å². The van der Waals surface area contributed by atoms with Crippen LogP contribution in [0.2, 0.25) is 0 Å². The zero-order valence-corrected chi connectivity index (χ0v) is 10.7. The molecule has 0 saturated carbocycles. The van der Waals surface area contributed by atoms with Crippen molar-refractivity contribution in [3.63, 3.8) is 0 Å². The van der Waals surface area contributed by atoms with E-state index in [0.717, 1.165) is 19.4 Å². The predicted molar refractivity (Wildman–Crippen MR) is 72.9 cm³/mol. The molecule has 2 N–H and O–H groups in total. The molecule has 6 heteroatoms. The maximum absolute atomic E-state index is 13.5. The molecule has 2 rings (SSSR count). The summed E-state index contributed by atoms with van der Waals surface area (Å²) in [5, 5.41) is 13.6. The third kappa shape index (κ3) is 3.87. The summed E-state index contributed by atoms with van der Waals surface area (Å²) < 4.78 is 13.5. The molecule has 5 nitrogen and oxygen atoms in total. The number of hydrogen-bond donors (Lipinski definition) is 2. The molecule has 0 radical (unpaired) electrons. The number of halogens is 1. The zero-order valence-electron chi connectivity index (χ0n) is 10.7. The Morgan fingerprint density at radius 2 is 2.11 bits per heavy atom. The second kappa shape index (κ2) is 6.63. The van der Waals surface area contributed by atoms with Gasteiger partial charge in [0.2, 0.25) is 5.95 Å². The van der Waals surface area contributed by atoms with Gasteiger partial charge < -0.3 is 10.6 Å². The highest BCUT2D eigenvalue weighted by atomic mass is 19.1. The van der Waals surface area contributed by atoms with Crippen LogP contribution in [0.5, 0.6) is 0 Å². The Hall–Kier alpha value is -2.24. The second-order valence-corrected chi connectivity index (χ2v) is 4.05. The smallest absolute Gasteiger partial charge is 0.244 e. The van der Waals surface area contributed by atoms with Gasteiger partial charge in [0.25, 0.3) is 0 Å². The van der Waals surface area contributed by atoms with Crippen LogP contribution in [0.25, 0.3) is 0 Å². The molecule has 19 heavy (non-hydrogen) atoms. The number of para-hydroxylation sites is 1. The highest BCUT2D eigenvalue weighted by molar-refractivity contribution is 5.56. The number of rotatable bonds is 6. The molecular formula is C13H16FN5. The van der Waals surface area contributed by atoms with Crippen molar-refractivity contribution in [1.29, 1.82) is 0 Å². The first-order valence-corrected chi connectivity index (χ1v) is 6.24. The Balaban J connectivity index is 2.05. The molecule has 0 saturated heterocycles. The molecule has 0 aliphatic carbocycles. The molecule has 0 amide bonds. The van der Waals surface area contributed by atoms with Gasteiger partial charge in [-0.25, -0.2) is 4.39 Å². The average molecular weight is 261 g/mol. The van der Waals surface area contributed by atoms with E-state index in [1.807, 2.05) is 0 Å². The van der Waals surface area contributed by atoms with Crippen LogP contribution >= 0.6 is 0 Å². The van der Waals surface area contributed by atoms with E-state index in [1.54, 1.807) is 18.2 Å². The number of nitrogens with one attached hydrogen (secondary N) is 2. The van der Waals surface area contributed by atoms with Gasteiger partial charge in [0, 0.05) is 6.54 Å². The minimum absolute atomic E-state index is 0.332. The van der Waals surface area contributed by atoms with Crippen molar-refractivity contribution < 1.29 is 4.39 Å². The number of hydrogen-bond acceptors (Lipinski definition) is 5. The highest BCUT2D eigenvalue weighted by Gasteiger charge is 2.04. The van der Waals surface area contributed by atoms with E-state index in [9.17, 15) is 4.39 Å². The molecule has 0 aliphatic rings. The van der Waals surface area contributed by atoms with Crippen molar-refractivity contribution in [3.05, 3.63) is 36.3 Å².